The molecule has 0 bridgehead atoms. The third-order valence-corrected chi connectivity index (χ3v) is 4.13. The maximum absolute atomic E-state index is 9.60. The number of likely N-dealkylation sites (tertiary alicyclic amines) is 1. The van der Waals surface area contributed by atoms with E-state index in [2.05, 4.69) is 22.0 Å². The van der Waals surface area contributed by atoms with Gasteiger partial charge in [-0.05, 0) is 73.1 Å². The van der Waals surface area contributed by atoms with Crippen LogP contribution in [-0.2, 0) is 9.53 Å². The van der Waals surface area contributed by atoms with Crippen molar-refractivity contribution in [3.8, 4) is 0 Å². The molecule has 0 aromatic heterocycles. The summed E-state index contributed by atoms with van der Waals surface area (Å²) in [5.74, 6) is 0. The van der Waals surface area contributed by atoms with Crippen molar-refractivity contribution in [1.29, 1.82) is 0 Å². The van der Waals surface area contributed by atoms with Crippen molar-refractivity contribution in [2.45, 2.75) is 64.0 Å². The van der Waals surface area contributed by atoms with Crippen LogP contribution < -0.4 is 5.32 Å². The zero-order chi connectivity index (χ0) is 14.4. The summed E-state index contributed by atoms with van der Waals surface area (Å²) < 4.78 is 4.55. The fourth-order valence-corrected chi connectivity index (χ4v) is 2.90. The Morgan fingerprint density at radius 2 is 1.79 bits per heavy atom. The maximum atomic E-state index is 9.60. The average molecular weight is 270 g/mol. The van der Waals surface area contributed by atoms with Crippen molar-refractivity contribution < 1.29 is 9.53 Å². The Morgan fingerprint density at radius 1 is 1.16 bits per heavy atom. The molecular weight excluding hydrogens is 240 g/mol. The van der Waals surface area contributed by atoms with Gasteiger partial charge in [0.05, 0.1) is 0 Å². The van der Waals surface area contributed by atoms with Gasteiger partial charge in [0.2, 0.25) is 0 Å². The zero-order valence-electron chi connectivity index (χ0n) is 13.0. The molecule has 2 rings (SSSR count). The first-order valence-electron chi connectivity index (χ1n) is 7.43. The summed E-state index contributed by atoms with van der Waals surface area (Å²) in [6.07, 6.45) is 7.02. The van der Waals surface area contributed by atoms with Gasteiger partial charge in [0.15, 0.2) is 0 Å². The van der Waals surface area contributed by atoms with E-state index in [0.29, 0.717) is 12.0 Å². The Labute approximate surface area is 117 Å². The summed E-state index contributed by atoms with van der Waals surface area (Å²) in [7, 11) is 2.31. The molecule has 112 valence electrons. The Morgan fingerprint density at radius 3 is 2.21 bits per heavy atom. The summed E-state index contributed by atoms with van der Waals surface area (Å²) >= 11 is 0. The lowest BCUT2D eigenvalue weighted by atomic mass is 9.79. The van der Waals surface area contributed by atoms with Gasteiger partial charge in [-0.15, -0.1) is 0 Å². The smallest absolute Gasteiger partial charge is 0.293 e. The monoisotopic (exact) mass is 270 g/mol. The molecular formula is C15H30N2O2. The molecule has 0 aliphatic carbocycles. The maximum Gasteiger partial charge on any atom is 0.293 e. The number of carbonyl (C=O) groups excluding carboxylic acids is 1. The Hall–Kier alpha value is -0.610. The molecule has 1 spiro atoms. The molecule has 19 heavy (non-hydrogen) atoms. The lowest BCUT2D eigenvalue weighted by Gasteiger charge is -2.48. The van der Waals surface area contributed by atoms with Crippen molar-refractivity contribution in [2.24, 2.45) is 0 Å². The number of rotatable bonds is 1. The van der Waals surface area contributed by atoms with E-state index in [-0.39, 0.29) is 5.60 Å². The van der Waals surface area contributed by atoms with Crippen LogP contribution in [0.2, 0.25) is 0 Å². The molecule has 0 atom stereocenters. The summed E-state index contributed by atoms with van der Waals surface area (Å²) in [4.78, 5) is 12.2. The van der Waals surface area contributed by atoms with Crippen LogP contribution in [-0.4, -0.2) is 49.2 Å². The predicted octanol–water partition coefficient (Wildman–Crippen LogP) is 2.18. The van der Waals surface area contributed by atoms with E-state index in [1.54, 1.807) is 0 Å². The van der Waals surface area contributed by atoms with Crippen LogP contribution in [0.1, 0.15) is 52.9 Å². The van der Waals surface area contributed by atoms with Gasteiger partial charge in [0.25, 0.3) is 6.47 Å². The van der Waals surface area contributed by atoms with Gasteiger partial charge in [-0.1, -0.05) is 6.42 Å². The van der Waals surface area contributed by atoms with E-state index in [9.17, 15) is 4.79 Å². The molecule has 0 unspecified atom stereocenters. The highest BCUT2D eigenvalue weighted by atomic mass is 16.5. The Bertz CT molecular complexity index is 260. The highest BCUT2D eigenvalue weighted by Gasteiger charge is 2.37. The minimum atomic E-state index is -0.318. The van der Waals surface area contributed by atoms with Gasteiger partial charge >= 0.3 is 0 Å². The van der Waals surface area contributed by atoms with Crippen LogP contribution in [0.3, 0.4) is 0 Å². The van der Waals surface area contributed by atoms with Crippen molar-refractivity contribution in [3.05, 3.63) is 0 Å². The molecule has 2 fully saturated rings. The van der Waals surface area contributed by atoms with Crippen molar-refractivity contribution in [3.63, 3.8) is 0 Å². The molecule has 4 heteroatoms. The Balaban J connectivity index is 0.000000224. The second kappa shape index (κ2) is 7.25. The minimum Gasteiger partial charge on any atom is -0.462 e. The van der Waals surface area contributed by atoms with E-state index >= 15 is 0 Å². The molecule has 4 nitrogen and oxygen atoms in total. The van der Waals surface area contributed by atoms with E-state index in [1.165, 1.54) is 51.7 Å². The molecule has 0 radical (unpaired) electrons. The quantitative estimate of drug-likeness (QED) is 0.742. The van der Waals surface area contributed by atoms with E-state index < -0.39 is 0 Å². The molecule has 0 aromatic carbocycles. The molecule has 2 heterocycles. The van der Waals surface area contributed by atoms with Crippen molar-refractivity contribution in [2.75, 3.05) is 26.7 Å². The lowest BCUT2D eigenvalue weighted by Crippen LogP contribution is -2.55. The molecule has 0 saturated carbocycles. The van der Waals surface area contributed by atoms with Crippen LogP contribution in [0, 0.1) is 0 Å². The number of hydrogen-bond acceptors (Lipinski definition) is 4. The largest absolute Gasteiger partial charge is 0.462 e. The predicted molar refractivity (Wildman–Crippen MR) is 78.2 cm³/mol. The van der Waals surface area contributed by atoms with Gasteiger partial charge in [-0.25, -0.2) is 0 Å². The zero-order valence-corrected chi connectivity index (χ0v) is 13.0. The van der Waals surface area contributed by atoms with Gasteiger partial charge in [0, 0.05) is 5.54 Å². The number of nitrogens with one attached hydrogen (secondary N) is 1. The number of carbonyl (C=O) groups is 1. The fourth-order valence-electron chi connectivity index (χ4n) is 2.90. The normalized spacial score (nSPS) is 23.4. The first-order valence-corrected chi connectivity index (χ1v) is 7.43. The second-order valence-corrected chi connectivity index (χ2v) is 6.68. The summed E-state index contributed by atoms with van der Waals surface area (Å²) in [6.45, 7) is 9.69. The number of hydrogen-bond donors (Lipinski definition) is 1. The van der Waals surface area contributed by atoms with E-state index in [4.69, 9.17) is 0 Å². The fraction of sp³-hybridized carbons (Fsp3) is 0.933. The highest BCUT2D eigenvalue weighted by molar-refractivity contribution is 5.37. The molecule has 2 aliphatic heterocycles. The molecule has 1 N–H and O–H groups in total. The van der Waals surface area contributed by atoms with Crippen LogP contribution in [0.4, 0.5) is 0 Å². The molecule has 2 saturated heterocycles. The second-order valence-electron chi connectivity index (χ2n) is 6.68. The van der Waals surface area contributed by atoms with Crippen molar-refractivity contribution in [1.82, 2.24) is 10.2 Å². The van der Waals surface area contributed by atoms with Crippen LogP contribution >= 0.6 is 0 Å². The van der Waals surface area contributed by atoms with Gasteiger partial charge in [0.1, 0.15) is 5.60 Å². The minimum absolute atomic E-state index is 0.318. The van der Waals surface area contributed by atoms with Gasteiger partial charge in [-0.3, -0.25) is 4.79 Å². The van der Waals surface area contributed by atoms with Gasteiger partial charge in [-0.2, -0.15) is 0 Å². The van der Waals surface area contributed by atoms with E-state index in [1.807, 2.05) is 20.8 Å². The van der Waals surface area contributed by atoms with Crippen molar-refractivity contribution >= 4 is 6.47 Å². The van der Waals surface area contributed by atoms with Crippen LogP contribution in [0.5, 0.6) is 0 Å². The number of piperidine rings is 2. The summed E-state index contributed by atoms with van der Waals surface area (Å²) in [6, 6.07) is 0. The van der Waals surface area contributed by atoms with Crippen LogP contribution in [0.15, 0.2) is 0 Å². The number of nitrogens with zero attached hydrogens (tertiary/aromatic N) is 1. The lowest BCUT2D eigenvalue weighted by molar-refractivity contribution is -0.138. The van der Waals surface area contributed by atoms with Crippen LogP contribution in [0.25, 0.3) is 0 Å². The SMILES string of the molecule is CC(C)(C)OC=O.CN1CCCCC12CCNCC2. The summed E-state index contributed by atoms with van der Waals surface area (Å²) in [5.41, 5.74) is 0.269. The molecule has 2 aliphatic rings. The highest BCUT2D eigenvalue weighted by Crippen LogP contribution is 2.33. The standard InChI is InChI=1S/C10H20N2.C5H10O2/c1-12-9-3-2-4-10(12)5-7-11-8-6-10;1-5(2,3)7-4-6/h11H,2-9H2,1H3;4H,1-3H3. The average Bonchev–Trinajstić information content (AvgIpc) is 2.34. The number of ether oxygens (including phenoxy) is 1. The summed E-state index contributed by atoms with van der Waals surface area (Å²) in [5, 5.41) is 3.45. The first kappa shape index (κ1) is 16.4. The molecule has 0 aromatic rings. The van der Waals surface area contributed by atoms with E-state index in [0.717, 1.165) is 0 Å². The third kappa shape index (κ3) is 5.49. The topological polar surface area (TPSA) is 41.6 Å². The third-order valence-electron chi connectivity index (χ3n) is 4.13. The molecule has 0 amide bonds. The van der Waals surface area contributed by atoms with Gasteiger partial charge < -0.3 is 15.0 Å². The first-order chi connectivity index (χ1) is 8.90. The Kier molecular flexibility index (Phi) is 6.27.